The Hall–Kier alpha value is -1.89. The second-order valence-corrected chi connectivity index (χ2v) is 7.25. The highest BCUT2D eigenvalue weighted by atomic mass is 16.5. The molecule has 150 valence electrons. The van der Waals surface area contributed by atoms with E-state index >= 15 is 0 Å². The smallest absolute Gasteiger partial charge is 0.204 e. The topological polar surface area (TPSA) is 74.6 Å². The van der Waals surface area contributed by atoms with Crippen molar-refractivity contribution in [3.8, 4) is 0 Å². The van der Waals surface area contributed by atoms with Crippen LogP contribution in [0.15, 0.2) is 24.4 Å². The van der Waals surface area contributed by atoms with Gasteiger partial charge in [-0.05, 0) is 70.1 Å². The lowest BCUT2D eigenvalue weighted by atomic mass is 10.0. The second-order valence-electron chi connectivity index (χ2n) is 7.25. The number of amides is 1. The molecule has 0 bridgehead atoms. The number of hydrogen-bond acceptors (Lipinski definition) is 4. The maximum absolute atomic E-state index is 8.58. The number of likely N-dealkylation sites (tertiary alicyclic amines) is 1. The average molecular weight is 375 g/mol. The number of primary amides is 1. The molecule has 2 heterocycles. The van der Waals surface area contributed by atoms with Gasteiger partial charge in [0.2, 0.25) is 6.41 Å². The van der Waals surface area contributed by atoms with Gasteiger partial charge in [-0.3, -0.25) is 4.79 Å². The third-order valence-electron chi connectivity index (χ3n) is 4.97. The van der Waals surface area contributed by atoms with Crippen LogP contribution in [0, 0.1) is 0 Å². The van der Waals surface area contributed by atoms with Crippen LogP contribution in [0.1, 0.15) is 24.0 Å². The van der Waals surface area contributed by atoms with E-state index in [1.807, 2.05) is 0 Å². The Bertz CT molecular complexity index is 678. The number of nitrogens with zero attached hydrogens (tertiary/aromatic N) is 2. The Balaban J connectivity index is 0.000000817. The number of nitrogens with one attached hydrogen (secondary N) is 1. The van der Waals surface area contributed by atoms with Gasteiger partial charge in [0.1, 0.15) is 0 Å². The molecule has 27 heavy (non-hydrogen) atoms. The molecule has 1 fully saturated rings. The van der Waals surface area contributed by atoms with E-state index in [-0.39, 0.29) is 6.41 Å². The molecule has 1 saturated heterocycles. The second kappa shape index (κ2) is 11.7. The summed E-state index contributed by atoms with van der Waals surface area (Å²) in [5.41, 5.74) is 8.24. The summed E-state index contributed by atoms with van der Waals surface area (Å²) in [5, 5.41) is 1.41. The van der Waals surface area contributed by atoms with Crippen molar-refractivity contribution in [2.75, 3.05) is 53.5 Å². The summed E-state index contributed by atoms with van der Waals surface area (Å²) in [4.78, 5) is 16.8. The fourth-order valence-corrected chi connectivity index (χ4v) is 3.57. The molecule has 0 spiro atoms. The fourth-order valence-electron chi connectivity index (χ4n) is 3.57. The molecule has 6 nitrogen and oxygen atoms in total. The molecule has 1 aliphatic heterocycles. The molecule has 1 amide bonds. The van der Waals surface area contributed by atoms with Crippen molar-refractivity contribution in [1.82, 2.24) is 14.8 Å². The molecule has 1 aromatic heterocycles. The summed E-state index contributed by atoms with van der Waals surface area (Å²) in [7, 11) is 4.26. The minimum absolute atomic E-state index is 0.250. The van der Waals surface area contributed by atoms with E-state index < -0.39 is 0 Å². The molecule has 1 aromatic carbocycles. The van der Waals surface area contributed by atoms with Gasteiger partial charge in [0.15, 0.2) is 0 Å². The van der Waals surface area contributed by atoms with Crippen molar-refractivity contribution in [3.05, 3.63) is 35.5 Å². The van der Waals surface area contributed by atoms with Crippen LogP contribution in [-0.2, 0) is 22.4 Å². The fraction of sp³-hybridized carbons (Fsp3) is 0.571. The first-order valence-corrected chi connectivity index (χ1v) is 9.83. The van der Waals surface area contributed by atoms with Gasteiger partial charge in [-0.2, -0.15) is 0 Å². The average Bonchev–Trinajstić information content (AvgIpc) is 3.30. The molecule has 0 aliphatic carbocycles. The van der Waals surface area contributed by atoms with Crippen molar-refractivity contribution >= 4 is 17.3 Å². The number of aromatic amines is 1. The molecule has 6 heteroatoms. The minimum atomic E-state index is 0.250. The highest BCUT2D eigenvalue weighted by molar-refractivity contribution is 5.86. The van der Waals surface area contributed by atoms with E-state index in [0.717, 1.165) is 39.1 Å². The monoisotopic (exact) mass is 374 g/mol. The zero-order valence-corrected chi connectivity index (χ0v) is 16.7. The maximum Gasteiger partial charge on any atom is 0.204 e. The van der Waals surface area contributed by atoms with E-state index in [0.29, 0.717) is 0 Å². The Morgan fingerprint density at radius 1 is 1.19 bits per heavy atom. The number of rotatable bonds is 9. The molecule has 3 N–H and O–H groups in total. The summed E-state index contributed by atoms with van der Waals surface area (Å²) in [6.07, 6.45) is 7.20. The quantitative estimate of drug-likeness (QED) is 0.520. The summed E-state index contributed by atoms with van der Waals surface area (Å²) in [6, 6.07) is 6.57. The predicted octanol–water partition coefficient (Wildman–Crippen LogP) is 2.03. The van der Waals surface area contributed by atoms with Crippen LogP contribution in [0.25, 0.3) is 10.9 Å². The van der Waals surface area contributed by atoms with Crippen molar-refractivity contribution < 1.29 is 9.53 Å². The van der Waals surface area contributed by atoms with Crippen LogP contribution in [-0.4, -0.2) is 74.7 Å². The van der Waals surface area contributed by atoms with Gasteiger partial charge in [-0.25, -0.2) is 0 Å². The molecule has 0 radical (unpaired) electrons. The number of hydrogen-bond donors (Lipinski definition) is 2. The number of ether oxygens (including phenoxy) is 1. The number of H-pyrrole nitrogens is 1. The first-order chi connectivity index (χ1) is 13.2. The highest BCUT2D eigenvalue weighted by Crippen LogP contribution is 2.23. The molecular weight excluding hydrogens is 340 g/mol. The van der Waals surface area contributed by atoms with Crippen LogP contribution in [0.4, 0.5) is 0 Å². The van der Waals surface area contributed by atoms with Gasteiger partial charge in [0, 0.05) is 30.2 Å². The summed E-state index contributed by atoms with van der Waals surface area (Å²) < 4.78 is 5.90. The zero-order chi connectivity index (χ0) is 19.5. The van der Waals surface area contributed by atoms with E-state index in [2.05, 4.69) is 59.0 Å². The Labute approximate surface area is 162 Å². The number of carbonyl (C=O) groups excluding carboxylic acids is 1. The molecule has 0 saturated carbocycles. The van der Waals surface area contributed by atoms with Crippen LogP contribution < -0.4 is 5.73 Å². The van der Waals surface area contributed by atoms with E-state index in [4.69, 9.17) is 9.53 Å². The third-order valence-corrected chi connectivity index (χ3v) is 4.97. The maximum atomic E-state index is 8.58. The lowest BCUT2D eigenvalue weighted by molar-refractivity contribution is -0.106. The first kappa shape index (κ1) is 21.4. The lowest BCUT2D eigenvalue weighted by Gasteiger charge is -2.14. The number of aromatic nitrogens is 1. The van der Waals surface area contributed by atoms with Crippen molar-refractivity contribution in [1.29, 1.82) is 0 Å². The number of likely N-dealkylation sites (N-methyl/N-ethyl adjacent to an activating group) is 1. The van der Waals surface area contributed by atoms with Gasteiger partial charge in [0.05, 0.1) is 13.2 Å². The first-order valence-electron chi connectivity index (χ1n) is 9.83. The number of benzene rings is 1. The van der Waals surface area contributed by atoms with E-state index in [9.17, 15) is 0 Å². The Morgan fingerprint density at radius 3 is 2.63 bits per heavy atom. The highest BCUT2D eigenvalue weighted by Gasteiger charge is 2.11. The Morgan fingerprint density at radius 2 is 1.93 bits per heavy atom. The van der Waals surface area contributed by atoms with Crippen LogP contribution >= 0.6 is 0 Å². The van der Waals surface area contributed by atoms with Crippen molar-refractivity contribution in [3.63, 3.8) is 0 Å². The van der Waals surface area contributed by atoms with Crippen molar-refractivity contribution in [2.24, 2.45) is 5.73 Å². The summed E-state index contributed by atoms with van der Waals surface area (Å²) >= 11 is 0. The van der Waals surface area contributed by atoms with Gasteiger partial charge in [-0.1, -0.05) is 12.1 Å². The van der Waals surface area contributed by atoms with Gasteiger partial charge < -0.3 is 25.3 Å². The molecule has 2 aromatic rings. The Kier molecular flexibility index (Phi) is 9.31. The molecule has 0 unspecified atom stereocenters. The lowest BCUT2D eigenvalue weighted by Crippen LogP contribution is -2.24. The van der Waals surface area contributed by atoms with Gasteiger partial charge in [-0.15, -0.1) is 0 Å². The summed E-state index contributed by atoms with van der Waals surface area (Å²) in [6.45, 7) is 6.33. The zero-order valence-electron chi connectivity index (χ0n) is 16.7. The standard InChI is InChI=1S/C20H31N3O.CH3NO/c1-22(2)12-8-18-16-21-19-7-5-6-17(20(18)19)9-14-24-15-13-23-10-3-4-11-23;2-1-3/h5-7,16,21H,3-4,8-15H2,1-2H3;1H,(H2,2,3). The van der Waals surface area contributed by atoms with Crippen molar-refractivity contribution in [2.45, 2.75) is 25.7 Å². The SMILES string of the molecule is CN(C)CCc1c[nH]c2cccc(CCOCCN3CCCC3)c12.NC=O. The molecule has 1 aliphatic rings. The van der Waals surface area contributed by atoms with Crippen LogP contribution in [0.2, 0.25) is 0 Å². The number of fused-ring (bicyclic) bond motifs is 1. The van der Waals surface area contributed by atoms with Crippen LogP contribution in [0.5, 0.6) is 0 Å². The van der Waals surface area contributed by atoms with E-state index in [1.54, 1.807) is 0 Å². The molecule has 0 atom stereocenters. The minimum Gasteiger partial charge on any atom is -0.380 e. The van der Waals surface area contributed by atoms with Crippen LogP contribution in [0.3, 0.4) is 0 Å². The number of carbonyl (C=O) groups is 1. The third kappa shape index (κ3) is 6.97. The normalized spacial score (nSPS) is 14.5. The largest absolute Gasteiger partial charge is 0.380 e. The molecular formula is C21H34N4O2. The predicted molar refractivity (Wildman–Crippen MR) is 111 cm³/mol. The van der Waals surface area contributed by atoms with E-state index in [1.165, 1.54) is 48.0 Å². The van der Waals surface area contributed by atoms with Gasteiger partial charge in [0.25, 0.3) is 0 Å². The van der Waals surface area contributed by atoms with Gasteiger partial charge >= 0.3 is 0 Å². The number of nitrogens with two attached hydrogens (primary N) is 1. The summed E-state index contributed by atoms with van der Waals surface area (Å²) in [5.74, 6) is 0. The molecule has 3 rings (SSSR count).